The van der Waals surface area contributed by atoms with Crippen molar-refractivity contribution in [1.29, 1.82) is 0 Å². The molecule has 0 bridgehead atoms. The Morgan fingerprint density at radius 3 is 2.77 bits per heavy atom. The van der Waals surface area contributed by atoms with E-state index < -0.39 is 5.82 Å². The number of anilines is 1. The minimum absolute atomic E-state index is 0.0740. The van der Waals surface area contributed by atoms with Crippen LogP contribution in [0.5, 0.6) is 0 Å². The molecule has 1 aromatic carbocycles. The standard InChI is InChI=1S/C9H9BrFNO/c1-5-2-6(8(13)4-10)9(12)7(11)3-5/h2-3H,4,12H2,1H3. The maximum absolute atomic E-state index is 13.0. The topological polar surface area (TPSA) is 43.1 Å². The fourth-order valence-electron chi connectivity index (χ4n) is 1.06. The molecule has 0 fully saturated rings. The fraction of sp³-hybridized carbons (Fsp3) is 0.222. The van der Waals surface area contributed by atoms with Gasteiger partial charge in [0.25, 0.3) is 0 Å². The number of ketones is 1. The van der Waals surface area contributed by atoms with Gasteiger partial charge in [0, 0.05) is 5.56 Å². The predicted octanol–water partition coefficient (Wildman–Crippen LogP) is 2.29. The summed E-state index contributed by atoms with van der Waals surface area (Å²) in [6.07, 6.45) is 0. The molecule has 2 nitrogen and oxygen atoms in total. The molecule has 1 rings (SSSR count). The van der Waals surface area contributed by atoms with Crippen LogP contribution in [0, 0.1) is 12.7 Å². The third-order valence-electron chi connectivity index (χ3n) is 1.70. The molecule has 0 amide bonds. The summed E-state index contributed by atoms with van der Waals surface area (Å²) >= 11 is 3.01. The lowest BCUT2D eigenvalue weighted by Crippen LogP contribution is -2.07. The molecule has 2 N–H and O–H groups in total. The largest absolute Gasteiger partial charge is 0.396 e. The molecule has 0 aliphatic rings. The number of alkyl halides is 1. The van der Waals surface area contributed by atoms with E-state index in [4.69, 9.17) is 5.73 Å². The summed E-state index contributed by atoms with van der Waals surface area (Å²) in [6.45, 7) is 1.72. The predicted molar refractivity (Wildman–Crippen MR) is 53.7 cm³/mol. The van der Waals surface area contributed by atoms with Gasteiger partial charge < -0.3 is 5.73 Å². The van der Waals surface area contributed by atoms with Gasteiger partial charge in [0.05, 0.1) is 11.0 Å². The van der Waals surface area contributed by atoms with Gasteiger partial charge in [-0.25, -0.2) is 4.39 Å². The zero-order valence-corrected chi connectivity index (χ0v) is 8.69. The molecule has 0 unspecified atom stereocenters. The molecule has 0 aliphatic carbocycles. The molecule has 70 valence electrons. The highest BCUT2D eigenvalue weighted by atomic mass is 79.9. The van der Waals surface area contributed by atoms with E-state index in [2.05, 4.69) is 15.9 Å². The Bertz CT molecular complexity index is 352. The first kappa shape index (κ1) is 10.2. The lowest BCUT2D eigenvalue weighted by atomic mass is 10.1. The highest BCUT2D eigenvalue weighted by molar-refractivity contribution is 9.09. The lowest BCUT2D eigenvalue weighted by Gasteiger charge is -2.05. The van der Waals surface area contributed by atoms with Gasteiger partial charge in [-0.05, 0) is 24.6 Å². The summed E-state index contributed by atoms with van der Waals surface area (Å²) in [5.41, 5.74) is 6.27. The molecular weight excluding hydrogens is 237 g/mol. The molecule has 0 radical (unpaired) electrons. The number of carbonyl (C=O) groups is 1. The molecule has 0 saturated carbocycles. The Morgan fingerprint density at radius 2 is 2.23 bits per heavy atom. The Hall–Kier alpha value is -0.900. The number of aryl methyl sites for hydroxylation is 1. The average molecular weight is 246 g/mol. The summed E-state index contributed by atoms with van der Waals surface area (Å²) in [5.74, 6) is -0.746. The summed E-state index contributed by atoms with van der Waals surface area (Å²) < 4.78 is 13.0. The molecular formula is C9H9BrFNO. The van der Waals surface area contributed by atoms with E-state index in [-0.39, 0.29) is 22.4 Å². The van der Waals surface area contributed by atoms with Crippen molar-refractivity contribution in [3.05, 3.63) is 29.1 Å². The SMILES string of the molecule is Cc1cc(F)c(N)c(C(=O)CBr)c1. The van der Waals surface area contributed by atoms with Gasteiger partial charge in [0.1, 0.15) is 5.82 Å². The van der Waals surface area contributed by atoms with E-state index in [0.717, 1.165) is 0 Å². The van der Waals surface area contributed by atoms with Crippen LogP contribution in [0.25, 0.3) is 0 Å². The smallest absolute Gasteiger partial charge is 0.175 e. The van der Waals surface area contributed by atoms with E-state index in [9.17, 15) is 9.18 Å². The highest BCUT2D eigenvalue weighted by Gasteiger charge is 2.12. The number of nitrogen functional groups attached to an aromatic ring is 1. The van der Waals surface area contributed by atoms with Gasteiger partial charge in [0.15, 0.2) is 5.78 Å². The second-order valence-corrected chi connectivity index (χ2v) is 3.33. The van der Waals surface area contributed by atoms with Crippen molar-refractivity contribution in [1.82, 2.24) is 0 Å². The van der Waals surface area contributed by atoms with Crippen LogP contribution in [-0.4, -0.2) is 11.1 Å². The van der Waals surface area contributed by atoms with Crippen LogP contribution in [-0.2, 0) is 0 Å². The van der Waals surface area contributed by atoms with E-state index in [0.29, 0.717) is 5.56 Å². The summed E-state index contributed by atoms with van der Waals surface area (Å²) in [5, 5.41) is 0.153. The van der Waals surface area contributed by atoms with Crippen molar-refractivity contribution in [3.63, 3.8) is 0 Å². The Kier molecular flexibility index (Phi) is 3.03. The van der Waals surface area contributed by atoms with Gasteiger partial charge in [-0.1, -0.05) is 15.9 Å². The molecule has 0 heterocycles. The maximum atomic E-state index is 13.0. The van der Waals surface area contributed by atoms with Crippen LogP contribution in [0.1, 0.15) is 15.9 Å². The minimum atomic E-state index is -0.538. The second kappa shape index (κ2) is 3.87. The van der Waals surface area contributed by atoms with E-state index in [1.54, 1.807) is 13.0 Å². The Labute approximate surface area is 84.1 Å². The number of nitrogens with two attached hydrogens (primary N) is 1. The Balaban J connectivity index is 3.28. The maximum Gasteiger partial charge on any atom is 0.175 e. The average Bonchev–Trinajstić information content (AvgIpc) is 2.10. The van der Waals surface area contributed by atoms with Crippen LogP contribution in [0.4, 0.5) is 10.1 Å². The molecule has 4 heteroatoms. The van der Waals surface area contributed by atoms with Gasteiger partial charge >= 0.3 is 0 Å². The molecule has 13 heavy (non-hydrogen) atoms. The van der Waals surface area contributed by atoms with Crippen LogP contribution < -0.4 is 5.73 Å². The van der Waals surface area contributed by atoms with Gasteiger partial charge in [-0.2, -0.15) is 0 Å². The van der Waals surface area contributed by atoms with Crippen molar-refractivity contribution < 1.29 is 9.18 Å². The monoisotopic (exact) mass is 245 g/mol. The van der Waals surface area contributed by atoms with Gasteiger partial charge in [-0.3, -0.25) is 4.79 Å². The number of hydrogen-bond acceptors (Lipinski definition) is 2. The molecule has 0 aliphatic heterocycles. The quantitative estimate of drug-likeness (QED) is 0.494. The first-order valence-corrected chi connectivity index (χ1v) is 4.83. The number of Topliss-reactive ketones (excluding diaryl/α,β-unsaturated/α-hetero) is 1. The summed E-state index contributed by atoms with van der Waals surface area (Å²) in [4.78, 5) is 11.2. The van der Waals surface area contributed by atoms with E-state index >= 15 is 0 Å². The third-order valence-corrected chi connectivity index (χ3v) is 2.20. The number of halogens is 2. The Morgan fingerprint density at radius 1 is 1.62 bits per heavy atom. The van der Waals surface area contributed by atoms with Crippen LogP contribution in [0.15, 0.2) is 12.1 Å². The first-order valence-electron chi connectivity index (χ1n) is 3.71. The van der Waals surface area contributed by atoms with E-state index in [1.165, 1.54) is 6.07 Å². The van der Waals surface area contributed by atoms with Crippen molar-refractivity contribution in [2.45, 2.75) is 6.92 Å². The highest BCUT2D eigenvalue weighted by Crippen LogP contribution is 2.19. The van der Waals surface area contributed by atoms with Crippen LogP contribution >= 0.6 is 15.9 Å². The number of hydrogen-bond donors (Lipinski definition) is 1. The molecule has 1 aromatic rings. The zero-order valence-electron chi connectivity index (χ0n) is 7.10. The van der Waals surface area contributed by atoms with Crippen molar-refractivity contribution in [2.24, 2.45) is 0 Å². The number of carbonyl (C=O) groups excluding carboxylic acids is 1. The fourth-order valence-corrected chi connectivity index (χ4v) is 1.36. The van der Waals surface area contributed by atoms with Crippen molar-refractivity contribution in [3.8, 4) is 0 Å². The third kappa shape index (κ3) is 2.06. The summed E-state index contributed by atoms with van der Waals surface area (Å²) in [6, 6.07) is 2.89. The lowest BCUT2D eigenvalue weighted by molar-refractivity contribution is 0.102. The van der Waals surface area contributed by atoms with Crippen molar-refractivity contribution >= 4 is 27.4 Å². The molecule has 0 aromatic heterocycles. The van der Waals surface area contributed by atoms with E-state index in [1.807, 2.05) is 0 Å². The number of rotatable bonds is 2. The normalized spacial score (nSPS) is 10.1. The molecule has 0 saturated heterocycles. The number of benzene rings is 1. The first-order chi connectivity index (χ1) is 6.06. The van der Waals surface area contributed by atoms with Gasteiger partial charge in [0.2, 0.25) is 0 Å². The second-order valence-electron chi connectivity index (χ2n) is 2.76. The van der Waals surface area contributed by atoms with Gasteiger partial charge in [-0.15, -0.1) is 0 Å². The molecule has 0 spiro atoms. The van der Waals surface area contributed by atoms with Crippen LogP contribution in [0.3, 0.4) is 0 Å². The van der Waals surface area contributed by atoms with Crippen LogP contribution in [0.2, 0.25) is 0 Å². The minimum Gasteiger partial charge on any atom is -0.396 e. The zero-order chi connectivity index (χ0) is 10.0. The summed E-state index contributed by atoms with van der Waals surface area (Å²) in [7, 11) is 0. The van der Waals surface area contributed by atoms with Crippen molar-refractivity contribution in [2.75, 3.05) is 11.1 Å². The molecule has 0 atom stereocenters.